The Morgan fingerprint density at radius 3 is 2.65 bits per heavy atom. The van der Waals surface area contributed by atoms with E-state index in [-0.39, 0.29) is 5.78 Å². The summed E-state index contributed by atoms with van der Waals surface area (Å²) in [6.45, 7) is 1.94. The molecule has 1 aromatic carbocycles. The highest BCUT2D eigenvalue weighted by molar-refractivity contribution is 7.12. The maximum Gasteiger partial charge on any atom is 0.221 e. The van der Waals surface area contributed by atoms with Crippen LogP contribution in [0.1, 0.15) is 21.1 Å². The molecule has 0 radical (unpaired) electrons. The normalized spacial score (nSPS) is 10.7. The van der Waals surface area contributed by atoms with Crippen molar-refractivity contribution in [3.8, 4) is 11.3 Å². The monoisotopic (exact) mass is 283 g/mol. The van der Waals surface area contributed by atoms with E-state index in [4.69, 9.17) is 0 Å². The molecule has 0 aliphatic heterocycles. The molecular formula is C15H13N3OS. The van der Waals surface area contributed by atoms with Gasteiger partial charge in [-0.25, -0.2) is 4.98 Å². The Bertz CT molecular complexity index is 759. The SMILES string of the molecule is Cc1nn(C)cc1-c1csc(C(=O)c2ccccc2)n1. The predicted octanol–water partition coefficient (Wildman–Crippen LogP) is 3.08. The van der Waals surface area contributed by atoms with Crippen LogP contribution in [0.4, 0.5) is 0 Å². The fraction of sp³-hybridized carbons (Fsp3) is 0.133. The second-order valence-electron chi connectivity index (χ2n) is 4.53. The Morgan fingerprint density at radius 2 is 2.00 bits per heavy atom. The fourth-order valence-electron chi connectivity index (χ4n) is 2.07. The molecule has 0 aliphatic carbocycles. The van der Waals surface area contributed by atoms with E-state index in [1.807, 2.05) is 43.7 Å². The molecule has 0 atom stereocenters. The molecule has 0 fully saturated rings. The third-order valence-electron chi connectivity index (χ3n) is 3.02. The lowest BCUT2D eigenvalue weighted by atomic mass is 10.1. The van der Waals surface area contributed by atoms with Crippen LogP contribution in [0, 0.1) is 6.92 Å². The molecule has 0 spiro atoms. The maximum absolute atomic E-state index is 12.3. The van der Waals surface area contributed by atoms with E-state index >= 15 is 0 Å². The van der Waals surface area contributed by atoms with Crippen LogP contribution in [-0.4, -0.2) is 20.5 Å². The van der Waals surface area contributed by atoms with Crippen LogP contribution in [0.2, 0.25) is 0 Å². The molecule has 3 aromatic rings. The van der Waals surface area contributed by atoms with E-state index in [0.29, 0.717) is 10.6 Å². The van der Waals surface area contributed by atoms with Crippen molar-refractivity contribution in [2.75, 3.05) is 0 Å². The lowest BCUT2D eigenvalue weighted by molar-refractivity contribution is 0.103. The first-order chi connectivity index (χ1) is 9.65. The minimum Gasteiger partial charge on any atom is -0.286 e. The molecule has 2 aromatic heterocycles. The summed E-state index contributed by atoms with van der Waals surface area (Å²) in [7, 11) is 1.87. The van der Waals surface area contributed by atoms with Gasteiger partial charge in [-0.2, -0.15) is 5.10 Å². The molecule has 0 N–H and O–H groups in total. The number of benzene rings is 1. The van der Waals surface area contributed by atoms with Gasteiger partial charge in [0.1, 0.15) is 0 Å². The average Bonchev–Trinajstić information content (AvgIpc) is 3.05. The lowest BCUT2D eigenvalue weighted by Crippen LogP contribution is -2.00. The highest BCUT2D eigenvalue weighted by atomic mass is 32.1. The van der Waals surface area contributed by atoms with Crippen molar-refractivity contribution in [2.24, 2.45) is 7.05 Å². The van der Waals surface area contributed by atoms with Gasteiger partial charge in [0.2, 0.25) is 5.78 Å². The number of carbonyl (C=O) groups excluding carboxylic acids is 1. The van der Waals surface area contributed by atoms with Gasteiger partial charge in [-0.15, -0.1) is 11.3 Å². The van der Waals surface area contributed by atoms with Gasteiger partial charge >= 0.3 is 0 Å². The second kappa shape index (κ2) is 5.02. The number of thiazole rings is 1. The van der Waals surface area contributed by atoms with Gasteiger partial charge in [-0.1, -0.05) is 30.3 Å². The summed E-state index contributed by atoms with van der Waals surface area (Å²) in [6.07, 6.45) is 1.92. The summed E-state index contributed by atoms with van der Waals surface area (Å²) in [5.41, 5.74) is 3.35. The topological polar surface area (TPSA) is 47.8 Å². The summed E-state index contributed by atoms with van der Waals surface area (Å²) < 4.78 is 1.75. The molecule has 0 amide bonds. The van der Waals surface area contributed by atoms with Gasteiger partial charge < -0.3 is 0 Å². The summed E-state index contributed by atoms with van der Waals surface area (Å²) in [5, 5.41) is 6.71. The number of hydrogen-bond donors (Lipinski definition) is 0. The van der Waals surface area contributed by atoms with Gasteiger partial charge in [0, 0.05) is 29.8 Å². The van der Waals surface area contributed by atoms with Gasteiger partial charge in [0.25, 0.3) is 0 Å². The van der Waals surface area contributed by atoms with Crippen molar-refractivity contribution in [2.45, 2.75) is 6.92 Å². The molecule has 0 unspecified atom stereocenters. The van der Waals surface area contributed by atoms with Crippen molar-refractivity contribution in [3.63, 3.8) is 0 Å². The second-order valence-corrected chi connectivity index (χ2v) is 5.39. The van der Waals surface area contributed by atoms with E-state index in [0.717, 1.165) is 17.0 Å². The molecule has 0 saturated carbocycles. The third-order valence-corrected chi connectivity index (χ3v) is 3.86. The van der Waals surface area contributed by atoms with Crippen LogP contribution < -0.4 is 0 Å². The summed E-state index contributed by atoms with van der Waals surface area (Å²) >= 11 is 1.37. The first-order valence-corrected chi connectivity index (χ1v) is 7.09. The Morgan fingerprint density at radius 1 is 1.25 bits per heavy atom. The van der Waals surface area contributed by atoms with Crippen molar-refractivity contribution < 1.29 is 4.79 Å². The van der Waals surface area contributed by atoms with Gasteiger partial charge in [-0.3, -0.25) is 9.48 Å². The quantitative estimate of drug-likeness (QED) is 0.694. The lowest BCUT2D eigenvalue weighted by Gasteiger charge is -1.95. The predicted molar refractivity (Wildman–Crippen MR) is 78.9 cm³/mol. The standard InChI is InChI=1S/C15H13N3OS/c1-10-12(8-18(2)17-10)13-9-20-15(16-13)14(19)11-6-4-3-5-7-11/h3-9H,1-2H3. The first kappa shape index (κ1) is 12.7. The van der Waals surface area contributed by atoms with Crippen LogP contribution in [0.15, 0.2) is 41.9 Å². The minimum atomic E-state index is -0.0385. The minimum absolute atomic E-state index is 0.0385. The van der Waals surface area contributed by atoms with E-state index in [1.165, 1.54) is 11.3 Å². The largest absolute Gasteiger partial charge is 0.286 e. The van der Waals surface area contributed by atoms with Crippen LogP contribution >= 0.6 is 11.3 Å². The molecule has 4 nitrogen and oxygen atoms in total. The molecule has 0 aliphatic rings. The molecule has 3 rings (SSSR count). The molecular weight excluding hydrogens is 270 g/mol. The molecule has 100 valence electrons. The number of rotatable bonds is 3. The number of ketones is 1. The van der Waals surface area contributed by atoms with Gasteiger partial charge in [0.05, 0.1) is 11.4 Å². The van der Waals surface area contributed by atoms with E-state index in [1.54, 1.807) is 16.8 Å². The fourth-order valence-corrected chi connectivity index (χ4v) is 2.84. The Balaban J connectivity index is 1.95. The number of nitrogens with zero attached hydrogens (tertiary/aromatic N) is 3. The molecule has 2 heterocycles. The van der Waals surface area contributed by atoms with Crippen molar-refractivity contribution in [3.05, 3.63) is 58.2 Å². The number of aromatic nitrogens is 3. The number of aryl methyl sites for hydroxylation is 2. The highest BCUT2D eigenvalue weighted by Gasteiger charge is 2.16. The third kappa shape index (κ3) is 2.28. The molecule has 0 bridgehead atoms. The van der Waals surface area contributed by atoms with E-state index in [2.05, 4.69) is 10.1 Å². The van der Waals surface area contributed by atoms with Crippen molar-refractivity contribution in [1.29, 1.82) is 0 Å². The maximum atomic E-state index is 12.3. The van der Waals surface area contributed by atoms with E-state index < -0.39 is 0 Å². The summed E-state index contributed by atoms with van der Waals surface area (Å²) in [4.78, 5) is 16.8. The van der Waals surface area contributed by atoms with Gasteiger partial charge in [0.15, 0.2) is 5.01 Å². The molecule has 5 heteroatoms. The molecule has 0 saturated heterocycles. The Kier molecular flexibility index (Phi) is 3.20. The zero-order chi connectivity index (χ0) is 14.1. The summed E-state index contributed by atoms with van der Waals surface area (Å²) in [6, 6.07) is 9.21. The zero-order valence-electron chi connectivity index (χ0n) is 11.2. The first-order valence-electron chi connectivity index (χ1n) is 6.21. The summed E-state index contributed by atoms with van der Waals surface area (Å²) in [5.74, 6) is -0.0385. The van der Waals surface area contributed by atoms with Crippen LogP contribution in [0.3, 0.4) is 0 Å². The van der Waals surface area contributed by atoms with Gasteiger partial charge in [-0.05, 0) is 6.92 Å². The smallest absolute Gasteiger partial charge is 0.221 e. The Hall–Kier alpha value is -2.27. The van der Waals surface area contributed by atoms with Crippen LogP contribution in [-0.2, 0) is 7.05 Å². The van der Waals surface area contributed by atoms with Crippen LogP contribution in [0.5, 0.6) is 0 Å². The van der Waals surface area contributed by atoms with Crippen molar-refractivity contribution in [1.82, 2.24) is 14.8 Å². The molecule has 20 heavy (non-hydrogen) atoms. The number of hydrogen-bond acceptors (Lipinski definition) is 4. The van der Waals surface area contributed by atoms with Crippen LogP contribution in [0.25, 0.3) is 11.3 Å². The Labute approximate surface area is 120 Å². The highest BCUT2D eigenvalue weighted by Crippen LogP contribution is 2.25. The van der Waals surface area contributed by atoms with E-state index in [9.17, 15) is 4.79 Å². The number of carbonyl (C=O) groups is 1. The van der Waals surface area contributed by atoms with Crippen molar-refractivity contribution >= 4 is 17.1 Å². The average molecular weight is 283 g/mol. The zero-order valence-corrected chi connectivity index (χ0v) is 12.0.